The van der Waals surface area contributed by atoms with Crippen LogP contribution in [0.1, 0.15) is 11.1 Å². The Hall–Kier alpha value is -2.06. The van der Waals surface area contributed by atoms with Gasteiger partial charge < -0.3 is 10.1 Å². The average molecular weight is 253 g/mol. The minimum absolute atomic E-state index is 0.774. The molecule has 0 amide bonds. The Morgan fingerprint density at radius 3 is 2.42 bits per heavy atom. The maximum absolute atomic E-state index is 6.05. The molecule has 0 spiro atoms. The van der Waals surface area contributed by atoms with Crippen LogP contribution in [-0.4, -0.2) is 13.6 Å². The second-order valence-electron chi connectivity index (χ2n) is 4.36. The number of benzene rings is 2. The minimum atomic E-state index is 0.774. The molecule has 0 aliphatic heterocycles. The fourth-order valence-electron chi connectivity index (χ4n) is 1.81. The van der Waals surface area contributed by atoms with Crippen molar-refractivity contribution in [2.75, 3.05) is 13.6 Å². The lowest BCUT2D eigenvalue weighted by atomic mass is 10.1. The molecule has 0 aromatic heterocycles. The van der Waals surface area contributed by atoms with Gasteiger partial charge in [0.15, 0.2) is 0 Å². The van der Waals surface area contributed by atoms with Crippen molar-refractivity contribution in [1.82, 2.24) is 5.32 Å². The summed E-state index contributed by atoms with van der Waals surface area (Å²) in [6, 6.07) is 18.2. The predicted molar refractivity (Wildman–Crippen MR) is 80.2 cm³/mol. The van der Waals surface area contributed by atoms with Gasteiger partial charge >= 0.3 is 0 Å². The van der Waals surface area contributed by atoms with Crippen LogP contribution >= 0.6 is 0 Å². The molecule has 19 heavy (non-hydrogen) atoms. The van der Waals surface area contributed by atoms with Gasteiger partial charge in [-0.1, -0.05) is 48.5 Å². The van der Waals surface area contributed by atoms with Crippen LogP contribution in [0, 0.1) is 6.92 Å². The van der Waals surface area contributed by atoms with Crippen LogP contribution in [0.3, 0.4) is 0 Å². The zero-order chi connectivity index (χ0) is 13.5. The van der Waals surface area contributed by atoms with Gasteiger partial charge in [-0.25, -0.2) is 0 Å². The Morgan fingerprint density at radius 1 is 1.05 bits per heavy atom. The highest BCUT2D eigenvalue weighted by molar-refractivity contribution is 5.62. The van der Waals surface area contributed by atoms with E-state index < -0.39 is 0 Å². The van der Waals surface area contributed by atoms with Crippen molar-refractivity contribution < 1.29 is 4.74 Å². The van der Waals surface area contributed by atoms with Gasteiger partial charge in [0.05, 0.1) is 0 Å². The van der Waals surface area contributed by atoms with Crippen LogP contribution in [-0.2, 0) is 0 Å². The molecule has 0 fully saturated rings. The van der Waals surface area contributed by atoms with E-state index in [1.54, 1.807) is 0 Å². The molecule has 0 aliphatic rings. The molecule has 0 atom stereocenters. The molecule has 0 radical (unpaired) electrons. The summed E-state index contributed by atoms with van der Waals surface area (Å²) >= 11 is 0. The van der Waals surface area contributed by atoms with Crippen LogP contribution in [0.25, 0.3) is 5.76 Å². The standard InChI is InChI=1S/C17H19NO/c1-14-8-6-7-11-16(14)19-17(12-13-18-2)15-9-4-3-5-10-15/h3-12,18H,13H2,1-2H3/b17-12+. The van der Waals surface area contributed by atoms with Gasteiger partial charge in [0.1, 0.15) is 11.5 Å². The van der Waals surface area contributed by atoms with E-state index in [0.717, 1.165) is 29.2 Å². The van der Waals surface area contributed by atoms with Gasteiger partial charge in [0.25, 0.3) is 0 Å². The number of nitrogens with one attached hydrogen (secondary N) is 1. The molecule has 1 N–H and O–H groups in total. The molecule has 0 heterocycles. The van der Waals surface area contributed by atoms with Crippen LogP contribution in [0.4, 0.5) is 0 Å². The smallest absolute Gasteiger partial charge is 0.131 e. The van der Waals surface area contributed by atoms with Gasteiger partial charge in [-0.2, -0.15) is 0 Å². The van der Waals surface area contributed by atoms with E-state index in [1.807, 2.05) is 43.4 Å². The summed E-state index contributed by atoms with van der Waals surface area (Å²) in [6.07, 6.45) is 2.06. The fourth-order valence-corrected chi connectivity index (χ4v) is 1.81. The van der Waals surface area contributed by atoms with E-state index in [4.69, 9.17) is 4.74 Å². The normalized spacial score (nSPS) is 11.4. The number of hydrogen-bond acceptors (Lipinski definition) is 2. The third-order valence-corrected chi connectivity index (χ3v) is 2.86. The highest BCUT2D eigenvalue weighted by Crippen LogP contribution is 2.23. The first-order valence-corrected chi connectivity index (χ1v) is 6.45. The number of hydrogen-bond donors (Lipinski definition) is 1. The van der Waals surface area contributed by atoms with E-state index >= 15 is 0 Å². The van der Waals surface area contributed by atoms with Crippen molar-refractivity contribution in [3.8, 4) is 5.75 Å². The van der Waals surface area contributed by atoms with E-state index in [9.17, 15) is 0 Å². The largest absolute Gasteiger partial charge is 0.457 e. The summed E-state index contributed by atoms with van der Waals surface area (Å²) < 4.78 is 6.05. The second kappa shape index (κ2) is 6.76. The summed E-state index contributed by atoms with van der Waals surface area (Å²) in [6.45, 7) is 2.83. The second-order valence-corrected chi connectivity index (χ2v) is 4.36. The zero-order valence-corrected chi connectivity index (χ0v) is 11.4. The van der Waals surface area contributed by atoms with E-state index in [1.165, 1.54) is 0 Å². The molecule has 98 valence electrons. The van der Waals surface area contributed by atoms with Crippen LogP contribution < -0.4 is 10.1 Å². The first-order valence-electron chi connectivity index (χ1n) is 6.45. The summed E-state index contributed by atoms with van der Waals surface area (Å²) in [5.41, 5.74) is 2.22. The number of aryl methyl sites for hydroxylation is 1. The highest BCUT2D eigenvalue weighted by Gasteiger charge is 2.05. The zero-order valence-electron chi connectivity index (χ0n) is 11.4. The molecule has 0 unspecified atom stereocenters. The van der Waals surface area contributed by atoms with Gasteiger partial charge in [-0.05, 0) is 31.7 Å². The van der Waals surface area contributed by atoms with E-state index in [2.05, 4.69) is 36.5 Å². The Balaban J connectivity index is 2.27. The predicted octanol–water partition coefficient (Wildman–Crippen LogP) is 3.63. The molecule has 0 bridgehead atoms. The first-order chi connectivity index (χ1) is 9.31. The minimum Gasteiger partial charge on any atom is -0.457 e. The quantitative estimate of drug-likeness (QED) is 0.821. The van der Waals surface area contributed by atoms with Crippen molar-refractivity contribution in [2.45, 2.75) is 6.92 Å². The topological polar surface area (TPSA) is 21.3 Å². The Kier molecular flexibility index (Phi) is 4.76. The van der Waals surface area contributed by atoms with Gasteiger partial charge in [-0.3, -0.25) is 0 Å². The summed E-state index contributed by atoms with van der Waals surface area (Å²) in [7, 11) is 1.92. The van der Waals surface area contributed by atoms with Gasteiger partial charge in [0.2, 0.25) is 0 Å². The van der Waals surface area contributed by atoms with E-state index in [0.29, 0.717) is 0 Å². The van der Waals surface area contributed by atoms with Crippen molar-refractivity contribution in [2.24, 2.45) is 0 Å². The third-order valence-electron chi connectivity index (χ3n) is 2.86. The number of rotatable bonds is 5. The molecule has 2 aromatic rings. The molecule has 2 aromatic carbocycles. The maximum atomic E-state index is 6.05. The molecule has 2 rings (SSSR count). The van der Waals surface area contributed by atoms with Crippen LogP contribution in [0.5, 0.6) is 5.75 Å². The lowest BCUT2D eigenvalue weighted by Crippen LogP contribution is -2.07. The lowest BCUT2D eigenvalue weighted by Gasteiger charge is -2.12. The summed E-state index contributed by atoms with van der Waals surface area (Å²) in [5, 5.41) is 3.11. The van der Waals surface area contributed by atoms with Crippen LogP contribution in [0.2, 0.25) is 0 Å². The number of para-hydroxylation sites is 1. The Bertz CT molecular complexity index is 546. The SMILES string of the molecule is CNC/C=C(/Oc1ccccc1C)c1ccccc1. The van der Waals surface area contributed by atoms with Crippen molar-refractivity contribution in [3.63, 3.8) is 0 Å². The van der Waals surface area contributed by atoms with Crippen molar-refractivity contribution in [3.05, 3.63) is 71.8 Å². The summed E-state index contributed by atoms with van der Waals surface area (Å²) in [4.78, 5) is 0. The summed E-state index contributed by atoms with van der Waals surface area (Å²) in [5.74, 6) is 1.78. The molecular weight excluding hydrogens is 234 g/mol. The van der Waals surface area contributed by atoms with Crippen LogP contribution in [0.15, 0.2) is 60.7 Å². The molecule has 2 nitrogen and oxygen atoms in total. The van der Waals surface area contributed by atoms with Crippen molar-refractivity contribution in [1.29, 1.82) is 0 Å². The first kappa shape index (κ1) is 13.4. The number of ether oxygens (including phenoxy) is 1. The Morgan fingerprint density at radius 2 is 1.74 bits per heavy atom. The fraction of sp³-hybridized carbons (Fsp3) is 0.176. The molecule has 0 saturated carbocycles. The molecule has 0 saturated heterocycles. The maximum Gasteiger partial charge on any atom is 0.131 e. The van der Waals surface area contributed by atoms with Gasteiger partial charge in [-0.15, -0.1) is 0 Å². The molecule has 2 heteroatoms. The third kappa shape index (κ3) is 3.70. The van der Waals surface area contributed by atoms with Crippen molar-refractivity contribution >= 4 is 5.76 Å². The monoisotopic (exact) mass is 253 g/mol. The Labute approximate surface area is 114 Å². The molecular formula is C17H19NO. The van der Waals surface area contributed by atoms with Gasteiger partial charge in [0, 0.05) is 12.1 Å². The number of likely N-dealkylation sites (N-methyl/N-ethyl adjacent to an activating group) is 1. The lowest BCUT2D eigenvalue weighted by molar-refractivity contribution is 0.509. The molecule has 0 aliphatic carbocycles. The van der Waals surface area contributed by atoms with E-state index in [-0.39, 0.29) is 0 Å². The highest BCUT2D eigenvalue weighted by atomic mass is 16.5. The average Bonchev–Trinajstić information content (AvgIpc) is 2.46.